The Morgan fingerprint density at radius 1 is 1.48 bits per heavy atom. The standard InChI is InChI=1S/C17H17N3O2S/c1-17(2,22)7-5-12-14-13-4-3-8-19(13)15(21)11-6-9-23-16(11)20(14)10-18-12/h6,9-10,13,22H,3-4,8H2,1-2H3/t13-/m0/s1. The SMILES string of the molecule is CC(C)(O)C#Cc1ncn2c1[C@@H]1CCCN1C(=O)c1ccsc1-2. The summed E-state index contributed by atoms with van der Waals surface area (Å²) in [5, 5.41) is 12.7. The second kappa shape index (κ2) is 4.95. The molecular formula is C17H17N3O2S. The molecule has 0 spiro atoms. The smallest absolute Gasteiger partial charge is 0.257 e. The predicted octanol–water partition coefficient (Wildman–Crippen LogP) is 2.35. The van der Waals surface area contributed by atoms with Crippen molar-refractivity contribution >= 4 is 17.2 Å². The number of hydrogen-bond acceptors (Lipinski definition) is 4. The first-order valence-corrected chi connectivity index (χ1v) is 8.55. The fourth-order valence-electron chi connectivity index (χ4n) is 3.25. The Morgan fingerprint density at radius 3 is 3.09 bits per heavy atom. The molecule has 6 heteroatoms. The summed E-state index contributed by atoms with van der Waals surface area (Å²) in [6, 6.07) is 1.89. The summed E-state index contributed by atoms with van der Waals surface area (Å²) in [6.07, 6.45) is 3.65. The van der Waals surface area contributed by atoms with Crippen LogP contribution in [-0.2, 0) is 0 Å². The van der Waals surface area contributed by atoms with E-state index in [4.69, 9.17) is 0 Å². The molecule has 2 aromatic rings. The third-order valence-corrected chi connectivity index (χ3v) is 5.13. The molecule has 5 nitrogen and oxygen atoms in total. The van der Waals surface area contributed by atoms with Gasteiger partial charge in [-0.05, 0) is 44.1 Å². The van der Waals surface area contributed by atoms with E-state index in [1.165, 1.54) is 11.3 Å². The van der Waals surface area contributed by atoms with Gasteiger partial charge in [-0.15, -0.1) is 11.3 Å². The van der Waals surface area contributed by atoms with E-state index >= 15 is 0 Å². The number of aromatic nitrogens is 2. The van der Waals surface area contributed by atoms with E-state index < -0.39 is 5.60 Å². The van der Waals surface area contributed by atoms with Crippen LogP contribution < -0.4 is 0 Å². The van der Waals surface area contributed by atoms with Gasteiger partial charge < -0.3 is 10.0 Å². The van der Waals surface area contributed by atoms with E-state index in [1.807, 2.05) is 20.9 Å². The number of carbonyl (C=O) groups is 1. The predicted molar refractivity (Wildman–Crippen MR) is 87.6 cm³/mol. The molecule has 0 bridgehead atoms. The second-order valence-corrected chi connectivity index (χ2v) is 7.35. The van der Waals surface area contributed by atoms with Crippen LogP contribution in [0.5, 0.6) is 0 Å². The van der Waals surface area contributed by atoms with Crippen LogP contribution in [0.15, 0.2) is 17.8 Å². The van der Waals surface area contributed by atoms with Gasteiger partial charge in [-0.2, -0.15) is 0 Å². The molecule has 118 valence electrons. The minimum Gasteiger partial charge on any atom is -0.378 e. The number of aliphatic hydroxyl groups is 1. The van der Waals surface area contributed by atoms with Crippen molar-refractivity contribution in [2.24, 2.45) is 0 Å². The minimum absolute atomic E-state index is 0.00991. The molecule has 0 unspecified atom stereocenters. The first-order chi connectivity index (χ1) is 11.0. The maximum atomic E-state index is 12.8. The highest BCUT2D eigenvalue weighted by molar-refractivity contribution is 7.13. The van der Waals surface area contributed by atoms with E-state index in [-0.39, 0.29) is 11.9 Å². The number of hydrogen-bond donors (Lipinski definition) is 1. The summed E-state index contributed by atoms with van der Waals surface area (Å²) >= 11 is 1.54. The molecule has 0 radical (unpaired) electrons. The Kier molecular flexibility index (Phi) is 3.12. The fraction of sp³-hybridized carbons (Fsp3) is 0.412. The summed E-state index contributed by atoms with van der Waals surface area (Å²) in [5.41, 5.74) is 1.28. The van der Waals surface area contributed by atoms with Crippen molar-refractivity contribution in [2.75, 3.05) is 6.54 Å². The lowest BCUT2D eigenvalue weighted by Crippen LogP contribution is -2.29. The summed E-state index contributed by atoms with van der Waals surface area (Å²) in [6.45, 7) is 4.07. The maximum absolute atomic E-state index is 12.8. The van der Waals surface area contributed by atoms with Gasteiger partial charge in [0.15, 0.2) is 0 Å². The molecule has 1 N–H and O–H groups in total. The average Bonchev–Trinajstić information content (AvgIpc) is 3.20. The van der Waals surface area contributed by atoms with Gasteiger partial charge in [0.2, 0.25) is 0 Å². The van der Waals surface area contributed by atoms with Gasteiger partial charge in [0.25, 0.3) is 5.91 Å². The molecule has 1 fully saturated rings. The van der Waals surface area contributed by atoms with Crippen LogP contribution in [0.3, 0.4) is 0 Å². The summed E-state index contributed by atoms with van der Waals surface area (Å²) in [7, 11) is 0. The fourth-order valence-corrected chi connectivity index (χ4v) is 4.12. The van der Waals surface area contributed by atoms with Crippen LogP contribution in [0, 0.1) is 11.8 Å². The Hall–Kier alpha value is -2.10. The molecule has 4 rings (SSSR count). The Bertz CT molecular complexity index is 847. The Morgan fingerprint density at radius 2 is 2.30 bits per heavy atom. The number of thiophene rings is 1. The van der Waals surface area contributed by atoms with E-state index in [9.17, 15) is 9.90 Å². The number of rotatable bonds is 0. The topological polar surface area (TPSA) is 58.4 Å². The van der Waals surface area contributed by atoms with Crippen molar-refractivity contribution in [3.63, 3.8) is 0 Å². The lowest BCUT2D eigenvalue weighted by Gasteiger charge is -2.22. The van der Waals surface area contributed by atoms with Crippen LogP contribution in [-0.4, -0.2) is 37.6 Å². The number of fused-ring (bicyclic) bond motifs is 5. The largest absolute Gasteiger partial charge is 0.378 e. The lowest BCUT2D eigenvalue weighted by atomic mass is 10.1. The molecule has 0 saturated carbocycles. The van der Waals surface area contributed by atoms with Gasteiger partial charge in [0, 0.05) is 6.54 Å². The third-order valence-electron chi connectivity index (χ3n) is 4.21. The van der Waals surface area contributed by atoms with Crippen LogP contribution >= 0.6 is 11.3 Å². The number of imidazole rings is 1. The van der Waals surface area contributed by atoms with Crippen molar-refractivity contribution < 1.29 is 9.90 Å². The summed E-state index contributed by atoms with van der Waals surface area (Å²) < 4.78 is 2.00. The van der Waals surface area contributed by atoms with Crippen molar-refractivity contribution in [3.8, 4) is 16.8 Å². The summed E-state index contributed by atoms with van der Waals surface area (Å²) in [4.78, 5) is 19.2. The highest BCUT2D eigenvalue weighted by atomic mass is 32.1. The highest BCUT2D eigenvalue weighted by Gasteiger charge is 2.39. The van der Waals surface area contributed by atoms with E-state index in [2.05, 4.69) is 16.8 Å². The first-order valence-electron chi connectivity index (χ1n) is 7.67. The van der Waals surface area contributed by atoms with E-state index in [1.54, 1.807) is 20.2 Å². The van der Waals surface area contributed by atoms with Gasteiger partial charge in [0.05, 0.1) is 17.3 Å². The zero-order chi connectivity index (χ0) is 16.2. The van der Waals surface area contributed by atoms with Gasteiger partial charge >= 0.3 is 0 Å². The minimum atomic E-state index is -1.07. The quantitative estimate of drug-likeness (QED) is 0.756. The van der Waals surface area contributed by atoms with Crippen LogP contribution in [0.25, 0.3) is 5.00 Å². The van der Waals surface area contributed by atoms with Crippen LogP contribution in [0.4, 0.5) is 0 Å². The molecule has 2 aliphatic rings. The molecule has 0 aromatic carbocycles. The van der Waals surface area contributed by atoms with Crippen LogP contribution in [0.2, 0.25) is 0 Å². The van der Waals surface area contributed by atoms with Crippen LogP contribution in [0.1, 0.15) is 54.5 Å². The van der Waals surface area contributed by atoms with Gasteiger partial charge in [-0.25, -0.2) is 4.98 Å². The average molecular weight is 327 g/mol. The van der Waals surface area contributed by atoms with E-state index in [0.717, 1.165) is 35.6 Å². The molecule has 4 heterocycles. The van der Waals surface area contributed by atoms with E-state index in [0.29, 0.717) is 5.69 Å². The van der Waals surface area contributed by atoms with Gasteiger partial charge in [-0.3, -0.25) is 9.36 Å². The molecule has 1 amide bonds. The van der Waals surface area contributed by atoms with Crippen molar-refractivity contribution in [1.29, 1.82) is 0 Å². The zero-order valence-corrected chi connectivity index (χ0v) is 13.9. The molecule has 1 atom stereocenters. The lowest BCUT2D eigenvalue weighted by molar-refractivity contribution is 0.0738. The van der Waals surface area contributed by atoms with Gasteiger partial charge in [-0.1, -0.05) is 5.92 Å². The number of carbonyl (C=O) groups excluding carboxylic acids is 1. The third kappa shape index (κ3) is 2.28. The van der Waals surface area contributed by atoms with Crippen molar-refractivity contribution in [2.45, 2.75) is 38.3 Å². The zero-order valence-electron chi connectivity index (χ0n) is 13.0. The molecule has 2 aliphatic heterocycles. The Balaban J connectivity index is 1.93. The Labute approximate surface area is 138 Å². The molecular weight excluding hydrogens is 310 g/mol. The first kappa shape index (κ1) is 14.5. The molecule has 2 aromatic heterocycles. The molecule has 0 aliphatic carbocycles. The maximum Gasteiger partial charge on any atom is 0.257 e. The molecule has 23 heavy (non-hydrogen) atoms. The van der Waals surface area contributed by atoms with Crippen molar-refractivity contribution in [3.05, 3.63) is 34.7 Å². The van der Waals surface area contributed by atoms with Crippen molar-refractivity contribution in [1.82, 2.24) is 14.5 Å². The summed E-state index contributed by atoms with van der Waals surface area (Å²) in [5.74, 6) is 5.93. The number of amides is 1. The highest BCUT2D eigenvalue weighted by Crippen LogP contribution is 2.40. The second-order valence-electron chi connectivity index (χ2n) is 6.45. The molecule has 1 saturated heterocycles. The monoisotopic (exact) mass is 327 g/mol. The number of nitrogens with zero attached hydrogens (tertiary/aromatic N) is 3. The normalized spacial score (nSPS) is 19.5. The van der Waals surface area contributed by atoms with Gasteiger partial charge in [0.1, 0.15) is 22.6 Å².